The van der Waals surface area contributed by atoms with Crippen LogP contribution in [0.3, 0.4) is 0 Å². The number of nitrogens with zero attached hydrogens (tertiary/aromatic N) is 1. The van der Waals surface area contributed by atoms with Crippen molar-refractivity contribution in [2.75, 3.05) is 26.9 Å². The summed E-state index contributed by atoms with van der Waals surface area (Å²) in [6, 6.07) is 0. The number of nitrogens with one attached hydrogen (secondary N) is 1. The highest BCUT2D eigenvalue weighted by Crippen LogP contribution is 2.20. The first-order valence-corrected chi connectivity index (χ1v) is 7.69. The molecule has 0 aliphatic heterocycles. The molecule has 0 atom stereocenters. The van der Waals surface area contributed by atoms with Crippen molar-refractivity contribution in [3.8, 4) is 0 Å². The van der Waals surface area contributed by atoms with Crippen LogP contribution in [0.4, 0.5) is 13.2 Å². The molecule has 12 heteroatoms. The molecule has 0 fully saturated rings. The largest absolute Gasteiger partial charge is 0.464 e. The molecule has 0 saturated heterocycles. The minimum Gasteiger partial charge on any atom is -0.464 e. The lowest BCUT2D eigenvalue weighted by molar-refractivity contribution is -0.173. The third-order valence-corrected chi connectivity index (χ3v) is 4.79. The van der Waals surface area contributed by atoms with Crippen LogP contribution in [0.15, 0.2) is 9.72 Å². The Labute approximate surface area is 122 Å². The SMILES string of the molecule is COC(=O)c1ncsc1S(=O)(=O)NCCOCC(F)(F)F. The van der Waals surface area contributed by atoms with Crippen LogP contribution in [0.25, 0.3) is 0 Å². The summed E-state index contributed by atoms with van der Waals surface area (Å²) in [5.74, 6) is -0.926. The van der Waals surface area contributed by atoms with Crippen molar-refractivity contribution in [2.45, 2.75) is 10.4 Å². The van der Waals surface area contributed by atoms with E-state index in [9.17, 15) is 26.4 Å². The number of methoxy groups -OCH3 is 1. The van der Waals surface area contributed by atoms with E-state index in [-0.39, 0.29) is 16.4 Å². The maximum absolute atomic E-state index is 11.9. The molecule has 0 aromatic carbocycles. The lowest BCUT2D eigenvalue weighted by Crippen LogP contribution is -2.29. The number of carbonyl (C=O) groups excluding carboxylic acids is 1. The summed E-state index contributed by atoms with van der Waals surface area (Å²) < 4.78 is 69.4. The van der Waals surface area contributed by atoms with Gasteiger partial charge in [-0.2, -0.15) is 13.2 Å². The number of ether oxygens (including phenoxy) is 2. The molecule has 7 nitrogen and oxygen atoms in total. The van der Waals surface area contributed by atoms with Crippen molar-refractivity contribution < 1.29 is 35.9 Å². The topological polar surface area (TPSA) is 94.6 Å². The lowest BCUT2D eigenvalue weighted by atomic mass is 10.5. The van der Waals surface area contributed by atoms with Crippen LogP contribution in [0.2, 0.25) is 0 Å². The second kappa shape index (κ2) is 7.15. The van der Waals surface area contributed by atoms with Gasteiger partial charge in [0.2, 0.25) is 0 Å². The summed E-state index contributed by atoms with van der Waals surface area (Å²) in [5.41, 5.74) is 0.757. The lowest BCUT2D eigenvalue weighted by Gasteiger charge is -2.08. The Balaban J connectivity index is 2.59. The van der Waals surface area contributed by atoms with Crippen LogP contribution in [0, 0.1) is 0 Å². The Bertz CT molecular complexity index is 584. The maximum atomic E-state index is 11.9. The summed E-state index contributed by atoms with van der Waals surface area (Å²) in [7, 11) is -3.01. The number of hydrogen-bond donors (Lipinski definition) is 1. The number of carbonyl (C=O) groups is 1. The van der Waals surface area contributed by atoms with Crippen LogP contribution in [0.1, 0.15) is 10.5 Å². The van der Waals surface area contributed by atoms with Crippen LogP contribution >= 0.6 is 11.3 Å². The number of sulfonamides is 1. The van der Waals surface area contributed by atoms with Gasteiger partial charge in [-0.25, -0.2) is 22.9 Å². The van der Waals surface area contributed by atoms with Gasteiger partial charge in [-0.05, 0) is 0 Å². The second-order valence-corrected chi connectivity index (χ2v) is 6.36. The zero-order valence-corrected chi connectivity index (χ0v) is 12.3. The van der Waals surface area contributed by atoms with E-state index >= 15 is 0 Å². The first kappa shape index (κ1) is 17.8. The zero-order valence-electron chi connectivity index (χ0n) is 10.6. The summed E-state index contributed by atoms with van der Waals surface area (Å²) >= 11 is 0.685. The van der Waals surface area contributed by atoms with Crippen molar-refractivity contribution >= 4 is 27.3 Å². The quantitative estimate of drug-likeness (QED) is 0.578. The van der Waals surface area contributed by atoms with Gasteiger partial charge in [0, 0.05) is 6.54 Å². The van der Waals surface area contributed by atoms with E-state index < -0.39 is 35.4 Å². The minimum absolute atomic E-state index is 0.370. The molecule has 1 rings (SSSR count). The summed E-state index contributed by atoms with van der Waals surface area (Å²) in [6.07, 6.45) is -4.48. The molecule has 0 radical (unpaired) electrons. The van der Waals surface area contributed by atoms with Gasteiger partial charge in [-0.15, -0.1) is 11.3 Å². The number of halogens is 3. The molecule has 0 bridgehead atoms. The summed E-state index contributed by atoms with van der Waals surface area (Å²) in [4.78, 5) is 14.9. The molecule has 0 aliphatic carbocycles. The second-order valence-electron chi connectivity index (χ2n) is 3.55. The van der Waals surface area contributed by atoms with Crippen molar-refractivity contribution in [3.05, 3.63) is 11.2 Å². The highest BCUT2D eigenvalue weighted by molar-refractivity contribution is 7.91. The van der Waals surface area contributed by atoms with Crippen LogP contribution in [0.5, 0.6) is 0 Å². The Morgan fingerprint density at radius 2 is 2.14 bits per heavy atom. The Hall–Kier alpha value is -1.24. The Morgan fingerprint density at radius 3 is 2.71 bits per heavy atom. The molecule has 120 valence electrons. The third-order valence-electron chi connectivity index (χ3n) is 1.96. The molecule has 1 aromatic heterocycles. The Kier molecular flexibility index (Phi) is 6.07. The van der Waals surface area contributed by atoms with E-state index in [1.165, 1.54) is 0 Å². The average Bonchev–Trinajstić information content (AvgIpc) is 2.86. The molecule has 1 aromatic rings. The fourth-order valence-electron chi connectivity index (χ4n) is 1.16. The highest BCUT2D eigenvalue weighted by atomic mass is 32.2. The first-order valence-electron chi connectivity index (χ1n) is 5.33. The number of alkyl halides is 3. The first-order chi connectivity index (χ1) is 9.67. The van der Waals surface area contributed by atoms with Gasteiger partial charge in [0.15, 0.2) is 9.90 Å². The third kappa shape index (κ3) is 5.57. The van der Waals surface area contributed by atoms with E-state index in [2.05, 4.69) is 14.5 Å². The molecule has 0 spiro atoms. The zero-order chi connectivity index (χ0) is 16.1. The van der Waals surface area contributed by atoms with Crippen LogP contribution in [-0.2, 0) is 19.5 Å². The van der Waals surface area contributed by atoms with E-state index in [0.717, 1.165) is 12.6 Å². The van der Waals surface area contributed by atoms with Gasteiger partial charge in [-0.1, -0.05) is 0 Å². The van der Waals surface area contributed by atoms with E-state index in [0.29, 0.717) is 11.3 Å². The molecule has 1 N–H and O–H groups in total. The van der Waals surface area contributed by atoms with Gasteiger partial charge in [0.05, 0.1) is 19.2 Å². The fourth-order valence-corrected chi connectivity index (χ4v) is 3.35. The van der Waals surface area contributed by atoms with Gasteiger partial charge < -0.3 is 9.47 Å². The molecule has 0 amide bonds. The number of hydrogen-bond acceptors (Lipinski definition) is 7. The Morgan fingerprint density at radius 1 is 1.48 bits per heavy atom. The monoisotopic (exact) mass is 348 g/mol. The predicted octanol–water partition coefficient (Wildman–Crippen LogP) is 0.787. The average molecular weight is 348 g/mol. The molecule has 0 aliphatic rings. The predicted molar refractivity (Wildman–Crippen MR) is 65.5 cm³/mol. The molecule has 0 saturated carbocycles. The standard InChI is InChI=1S/C9H11F3N2O5S2/c1-18-7(15)6-8(20-5-13-6)21(16,17)14-2-3-19-4-9(10,11)12/h5,14H,2-4H2,1H3. The summed E-state index contributed by atoms with van der Waals surface area (Å²) in [6.45, 7) is -2.31. The maximum Gasteiger partial charge on any atom is 0.411 e. The van der Waals surface area contributed by atoms with E-state index in [4.69, 9.17) is 0 Å². The van der Waals surface area contributed by atoms with E-state index in [1.807, 2.05) is 4.72 Å². The van der Waals surface area contributed by atoms with Gasteiger partial charge in [0.25, 0.3) is 10.0 Å². The molecule has 0 unspecified atom stereocenters. The number of thiazole rings is 1. The van der Waals surface area contributed by atoms with Crippen molar-refractivity contribution in [1.82, 2.24) is 9.71 Å². The normalized spacial score (nSPS) is 12.4. The van der Waals surface area contributed by atoms with Crippen LogP contribution < -0.4 is 4.72 Å². The number of esters is 1. The smallest absolute Gasteiger partial charge is 0.411 e. The highest BCUT2D eigenvalue weighted by Gasteiger charge is 2.28. The fraction of sp³-hybridized carbons (Fsp3) is 0.556. The van der Waals surface area contributed by atoms with Crippen molar-refractivity contribution in [2.24, 2.45) is 0 Å². The molecular formula is C9H11F3N2O5S2. The number of rotatable bonds is 7. The van der Waals surface area contributed by atoms with E-state index in [1.54, 1.807) is 0 Å². The number of aromatic nitrogens is 1. The van der Waals surface area contributed by atoms with Crippen molar-refractivity contribution in [1.29, 1.82) is 0 Å². The van der Waals surface area contributed by atoms with Crippen molar-refractivity contribution in [3.63, 3.8) is 0 Å². The van der Waals surface area contributed by atoms with Gasteiger partial charge in [-0.3, -0.25) is 0 Å². The molecule has 1 heterocycles. The molecular weight excluding hydrogens is 337 g/mol. The summed E-state index contributed by atoms with van der Waals surface area (Å²) in [5, 5.41) is 0. The van der Waals surface area contributed by atoms with Gasteiger partial charge >= 0.3 is 12.1 Å². The van der Waals surface area contributed by atoms with Gasteiger partial charge in [0.1, 0.15) is 6.61 Å². The molecule has 21 heavy (non-hydrogen) atoms. The van der Waals surface area contributed by atoms with Crippen LogP contribution in [-0.4, -0.2) is 52.4 Å². The minimum atomic E-state index is -4.48.